The van der Waals surface area contributed by atoms with Gasteiger partial charge in [-0.2, -0.15) is 0 Å². The smallest absolute Gasteiger partial charge is 0.191 e. The predicted molar refractivity (Wildman–Crippen MR) is 81.8 cm³/mol. The van der Waals surface area contributed by atoms with E-state index in [-0.39, 0.29) is 6.04 Å². The summed E-state index contributed by atoms with van der Waals surface area (Å²) in [6.45, 7) is 4.37. The van der Waals surface area contributed by atoms with Crippen molar-refractivity contribution in [3.63, 3.8) is 0 Å². The summed E-state index contributed by atoms with van der Waals surface area (Å²) >= 11 is 0. The van der Waals surface area contributed by atoms with Crippen molar-refractivity contribution >= 4 is 11.6 Å². The van der Waals surface area contributed by atoms with Crippen molar-refractivity contribution in [2.75, 3.05) is 31.6 Å². The molecule has 1 aromatic rings. The number of aliphatic imine (C=N–C) groups is 1. The minimum atomic E-state index is -0.547. The molecule has 0 amide bonds. The van der Waals surface area contributed by atoms with E-state index in [1.165, 1.54) is 12.1 Å². The predicted octanol–water partition coefficient (Wildman–Crippen LogP) is 2.12. The standard InChI is InChI=1S/C15H22F2N4/c1-3-7-19-15(18-2)20-12-6-8-21(10-12)14-5-4-11(16)9-13(14)17/h4-5,9,12H,3,6-8,10H2,1-2H3,(H2,18,19,20). The Hall–Kier alpha value is -1.85. The molecule has 1 saturated heterocycles. The number of nitrogens with one attached hydrogen (secondary N) is 2. The van der Waals surface area contributed by atoms with Gasteiger partial charge in [-0.25, -0.2) is 8.78 Å². The number of nitrogens with zero attached hydrogens (tertiary/aromatic N) is 2. The SMILES string of the molecule is CCCNC(=NC)NC1CCN(c2ccc(F)cc2F)C1. The van der Waals surface area contributed by atoms with Crippen LogP contribution in [0.2, 0.25) is 0 Å². The molecule has 0 radical (unpaired) electrons. The summed E-state index contributed by atoms with van der Waals surface area (Å²) in [6, 6.07) is 3.92. The lowest BCUT2D eigenvalue weighted by Gasteiger charge is -2.20. The maximum Gasteiger partial charge on any atom is 0.191 e. The molecule has 2 rings (SSSR count). The van der Waals surface area contributed by atoms with Crippen molar-refractivity contribution in [1.29, 1.82) is 0 Å². The van der Waals surface area contributed by atoms with E-state index in [2.05, 4.69) is 22.5 Å². The molecule has 1 aliphatic heterocycles. The summed E-state index contributed by atoms with van der Waals surface area (Å²) in [5, 5.41) is 6.55. The largest absolute Gasteiger partial charge is 0.367 e. The molecule has 0 aliphatic carbocycles. The molecule has 1 aliphatic rings. The van der Waals surface area contributed by atoms with Gasteiger partial charge in [0.15, 0.2) is 5.96 Å². The summed E-state index contributed by atoms with van der Waals surface area (Å²) in [6.07, 6.45) is 1.92. The monoisotopic (exact) mass is 296 g/mol. The first-order valence-corrected chi connectivity index (χ1v) is 7.31. The number of rotatable bonds is 4. The average Bonchev–Trinajstić information content (AvgIpc) is 2.91. The van der Waals surface area contributed by atoms with Crippen molar-refractivity contribution in [2.24, 2.45) is 4.99 Å². The Balaban J connectivity index is 1.94. The lowest BCUT2D eigenvalue weighted by molar-refractivity contribution is 0.580. The van der Waals surface area contributed by atoms with Crippen molar-refractivity contribution in [2.45, 2.75) is 25.8 Å². The Morgan fingerprint density at radius 2 is 2.24 bits per heavy atom. The van der Waals surface area contributed by atoms with Gasteiger partial charge in [-0.1, -0.05) is 6.92 Å². The van der Waals surface area contributed by atoms with Crippen LogP contribution < -0.4 is 15.5 Å². The van der Waals surface area contributed by atoms with Crippen molar-refractivity contribution in [3.05, 3.63) is 29.8 Å². The Bertz CT molecular complexity index is 504. The van der Waals surface area contributed by atoms with Gasteiger partial charge in [-0.05, 0) is 25.0 Å². The third-order valence-corrected chi connectivity index (χ3v) is 3.55. The zero-order valence-corrected chi connectivity index (χ0v) is 12.5. The topological polar surface area (TPSA) is 39.7 Å². The highest BCUT2D eigenvalue weighted by Gasteiger charge is 2.25. The number of hydrogen-bond donors (Lipinski definition) is 2. The Labute approximate surface area is 124 Å². The van der Waals surface area contributed by atoms with E-state index in [0.29, 0.717) is 12.2 Å². The van der Waals surface area contributed by atoms with Crippen LogP contribution in [0.25, 0.3) is 0 Å². The lowest BCUT2D eigenvalue weighted by Crippen LogP contribution is -2.44. The maximum absolute atomic E-state index is 13.8. The molecule has 0 spiro atoms. The van der Waals surface area contributed by atoms with Gasteiger partial charge < -0.3 is 15.5 Å². The van der Waals surface area contributed by atoms with E-state index >= 15 is 0 Å². The third-order valence-electron chi connectivity index (χ3n) is 3.55. The van der Waals surface area contributed by atoms with Crippen molar-refractivity contribution < 1.29 is 8.78 Å². The molecule has 1 fully saturated rings. The van der Waals surface area contributed by atoms with Crippen LogP contribution in [0.15, 0.2) is 23.2 Å². The number of guanidine groups is 1. The molecule has 1 aromatic carbocycles. The Morgan fingerprint density at radius 1 is 1.43 bits per heavy atom. The molecule has 21 heavy (non-hydrogen) atoms. The number of benzene rings is 1. The van der Waals surface area contributed by atoms with Crippen LogP contribution in [0.5, 0.6) is 0 Å². The first-order chi connectivity index (χ1) is 10.1. The molecule has 6 heteroatoms. The van der Waals surface area contributed by atoms with Crippen LogP contribution in [0, 0.1) is 11.6 Å². The summed E-state index contributed by atoms with van der Waals surface area (Å²) in [5.74, 6) is -0.290. The van der Waals surface area contributed by atoms with Crippen LogP contribution in [-0.2, 0) is 0 Å². The lowest BCUT2D eigenvalue weighted by atomic mass is 10.2. The molecule has 0 aromatic heterocycles. The first-order valence-electron chi connectivity index (χ1n) is 7.31. The molecule has 0 saturated carbocycles. The summed E-state index contributed by atoms with van der Waals surface area (Å²) < 4.78 is 26.7. The van der Waals surface area contributed by atoms with Gasteiger partial charge in [0.1, 0.15) is 11.6 Å². The molecular weight excluding hydrogens is 274 g/mol. The van der Waals surface area contributed by atoms with E-state index in [1.54, 1.807) is 7.05 Å². The van der Waals surface area contributed by atoms with Gasteiger partial charge in [-0.15, -0.1) is 0 Å². The highest BCUT2D eigenvalue weighted by molar-refractivity contribution is 5.80. The van der Waals surface area contributed by atoms with E-state index < -0.39 is 11.6 Å². The molecule has 1 atom stereocenters. The first kappa shape index (κ1) is 15.5. The molecule has 4 nitrogen and oxygen atoms in total. The van der Waals surface area contributed by atoms with Crippen LogP contribution >= 0.6 is 0 Å². The summed E-state index contributed by atoms with van der Waals surface area (Å²) in [4.78, 5) is 6.10. The molecule has 116 valence electrons. The van der Waals surface area contributed by atoms with Crippen LogP contribution in [-0.4, -0.2) is 38.7 Å². The molecule has 1 heterocycles. The van der Waals surface area contributed by atoms with Gasteiger partial charge in [0.2, 0.25) is 0 Å². The van der Waals surface area contributed by atoms with Gasteiger partial charge in [0, 0.05) is 38.8 Å². The van der Waals surface area contributed by atoms with Gasteiger partial charge in [0.25, 0.3) is 0 Å². The van der Waals surface area contributed by atoms with E-state index in [0.717, 1.165) is 38.0 Å². The molecule has 0 bridgehead atoms. The number of anilines is 1. The fraction of sp³-hybridized carbons (Fsp3) is 0.533. The average molecular weight is 296 g/mol. The van der Waals surface area contributed by atoms with E-state index in [1.807, 2.05) is 4.90 Å². The minimum absolute atomic E-state index is 0.206. The molecule has 1 unspecified atom stereocenters. The Morgan fingerprint density at radius 3 is 2.90 bits per heavy atom. The summed E-state index contributed by atoms with van der Waals surface area (Å²) in [7, 11) is 1.73. The fourth-order valence-corrected chi connectivity index (χ4v) is 2.47. The fourth-order valence-electron chi connectivity index (χ4n) is 2.47. The maximum atomic E-state index is 13.8. The van der Waals surface area contributed by atoms with Crippen molar-refractivity contribution in [1.82, 2.24) is 10.6 Å². The second-order valence-electron chi connectivity index (χ2n) is 5.17. The Kier molecular flexibility index (Phi) is 5.36. The van der Waals surface area contributed by atoms with Gasteiger partial charge >= 0.3 is 0 Å². The van der Waals surface area contributed by atoms with Crippen LogP contribution in [0.3, 0.4) is 0 Å². The van der Waals surface area contributed by atoms with E-state index in [4.69, 9.17) is 0 Å². The van der Waals surface area contributed by atoms with Crippen LogP contribution in [0.4, 0.5) is 14.5 Å². The van der Waals surface area contributed by atoms with E-state index in [9.17, 15) is 8.78 Å². The normalized spacial score (nSPS) is 19.0. The van der Waals surface area contributed by atoms with Gasteiger partial charge in [0.05, 0.1) is 5.69 Å². The molecular formula is C15H22F2N4. The number of halogens is 2. The second kappa shape index (κ2) is 7.24. The minimum Gasteiger partial charge on any atom is -0.367 e. The summed E-state index contributed by atoms with van der Waals surface area (Å²) in [5.41, 5.74) is 0.456. The highest BCUT2D eigenvalue weighted by atomic mass is 19.1. The molecule has 2 N–H and O–H groups in total. The van der Waals surface area contributed by atoms with Crippen molar-refractivity contribution in [3.8, 4) is 0 Å². The quantitative estimate of drug-likeness (QED) is 0.660. The van der Waals surface area contributed by atoms with Crippen LogP contribution in [0.1, 0.15) is 19.8 Å². The second-order valence-corrected chi connectivity index (χ2v) is 5.17. The zero-order valence-electron chi connectivity index (χ0n) is 12.5. The van der Waals surface area contributed by atoms with Gasteiger partial charge in [-0.3, -0.25) is 4.99 Å². The highest BCUT2D eigenvalue weighted by Crippen LogP contribution is 2.24. The zero-order chi connectivity index (χ0) is 15.2. The third kappa shape index (κ3) is 4.06. The number of hydrogen-bond acceptors (Lipinski definition) is 2.